The fourth-order valence-corrected chi connectivity index (χ4v) is 4.13. The Kier molecular flexibility index (Phi) is 4.85. The number of carbonyl (C=O) groups excluding carboxylic acids is 1. The third-order valence-electron chi connectivity index (χ3n) is 5.85. The summed E-state index contributed by atoms with van der Waals surface area (Å²) in [4.78, 5) is 12.4. The number of benzene rings is 2. The predicted octanol–water partition coefficient (Wildman–Crippen LogP) is 4.95. The number of ether oxygens (including phenoxy) is 2. The molecule has 5 heteroatoms. The monoisotopic (exact) mass is 404 g/mol. The quantitative estimate of drug-likeness (QED) is 0.669. The van der Waals surface area contributed by atoms with E-state index in [9.17, 15) is 4.79 Å². The minimum Gasteiger partial charge on any atom is -0.454 e. The van der Waals surface area contributed by atoms with Gasteiger partial charge >= 0.3 is 0 Å². The van der Waals surface area contributed by atoms with Crippen molar-refractivity contribution < 1.29 is 14.3 Å². The molecule has 0 saturated heterocycles. The van der Waals surface area contributed by atoms with Gasteiger partial charge in [0.05, 0.1) is 5.56 Å². The van der Waals surface area contributed by atoms with Gasteiger partial charge in [-0.05, 0) is 48.1 Å². The van der Waals surface area contributed by atoms with Crippen molar-refractivity contribution in [1.29, 1.82) is 0 Å². The summed E-state index contributed by atoms with van der Waals surface area (Å²) in [5.74, 6) is 1.11. The average Bonchev–Trinajstić information content (AvgIpc) is 3.25. The lowest BCUT2D eigenvalue weighted by molar-refractivity contribution is 0.1000. The molecular formula is C25H28N2O3. The van der Waals surface area contributed by atoms with Gasteiger partial charge in [0.15, 0.2) is 11.5 Å². The number of nitrogens with zero attached hydrogens (tertiary/aromatic N) is 1. The Bertz CT molecular complexity index is 1120. The zero-order valence-corrected chi connectivity index (χ0v) is 18.2. The minimum atomic E-state index is -0.407. The van der Waals surface area contributed by atoms with Crippen LogP contribution in [0.5, 0.6) is 11.5 Å². The lowest BCUT2D eigenvalue weighted by atomic mass is 9.86. The van der Waals surface area contributed by atoms with Gasteiger partial charge in [-0.15, -0.1) is 0 Å². The largest absolute Gasteiger partial charge is 0.454 e. The summed E-state index contributed by atoms with van der Waals surface area (Å²) in [6, 6.07) is 14.4. The molecule has 0 saturated carbocycles. The van der Waals surface area contributed by atoms with E-state index in [2.05, 4.69) is 49.6 Å². The van der Waals surface area contributed by atoms with Crippen LogP contribution in [0.1, 0.15) is 53.6 Å². The molecule has 0 radical (unpaired) electrons. The van der Waals surface area contributed by atoms with Gasteiger partial charge in [-0.1, -0.05) is 51.1 Å². The van der Waals surface area contributed by atoms with Crippen molar-refractivity contribution >= 4 is 5.91 Å². The van der Waals surface area contributed by atoms with E-state index in [0.29, 0.717) is 12.1 Å². The van der Waals surface area contributed by atoms with Crippen LogP contribution in [-0.4, -0.2) is 17.3 Å². The van der Waals surface area contributed by atoms with E-state index in [1.54, 1.807) is 0 Å². The second-order valence-electron chi connectivity index (χ2n) is 8.89. The molecule has 0 aliphatic carbocycles. The Morgan fingerprint density at radius 1 is 1.00 bits per heavy atom. The number of amides is 1. The number of hydrogen-bond acceptors (Lipinski definition) is 3. The zero-order chi connectivity index (χ0) is 21.6. The van der Waals surface area contributed by atoms with E-state index < -0.39 is 5.91 Å². The second kappa shape index (κ2) is 7.24. The van der Waals surface area contributed by atoms with Gasteiger partial charge in [-0.3, -0.25) is 4.79 Å². The van der Waals surface area contributed by atoms with E-state index in [4.69, 9.17) is 15.2 Å². The number of nitrogens with two attached hydrogens (primary N) is 1. The Hall–Kier alpha value is -3.21. The molecule has 1 aliphatic heterocycles. The first-order chi connectivity index (χ1) is 14.2. The van der Waals surface area contributed by atoms with Gasteiger partial charge < -0.3 is 19.8 Å². The maximum Gasteiger partial charge on any atom is 0.251 e. The molecule has 0 bridgehead atoms. The molecule has 2 heterocycles. The van der Waals surface area contributed by atoms with Crippen molar-refractivity contribution in [2.24, 2.45) is 5.73 Å². The number of fused-ring (bicyclic) bond motifs is 1. The first kappa shape index (κ1) is 20.1. The van der Waals surface area contributed by atoms with Crippen molar-refractivity contribution in [2.75, 3.05) is 6.79 Å². The Balaban J connectivity index is 1.77. The summed E-state index contributed by atoms with van der Waals surface area (Å²) in [5.41, 5.74) is 12.6. The van der Waals surface area contributed by atoms with E-state index in [1.807, 2.05) is 32.0 Å². The van der Waals surface area contributed by atoms with Crippen molar-refractivity contribution in [3.8, 4) is 22.6 Å². The molecule has 0 unspecified atom stereocenters. The molecular weight excluding hydrogens is 376 g/mol. The SMILES string of the molecule is Cc1c(C(N)=O)c(-c2ccc(C(C)(C)C)cc2)c(C)n1Cc1ccc2c(c1)OCO2. The standard InChI is InChI=1S/C25H28N2O3/c1-15-22(18-7-9-19(10-8-18)25(3,4)5)23(24(26)28)16(2)27(15)13-17-6-11-20-21(12-17)30-14-29-20/h6-12H,13-14H2,1-5H3,(H2,26,28). The van der Waals surface area contributed by atoms with E-state index in [0.717, 1.165) is 39.6 Å². The molecule has 1 aliphatic rings. The maximum absolute atomic E-state index is 12.4. The first-order valence-corrected chi connectivity index (χ1v) is 10.2. The van der Waals surface area contributed by atoms with Gasteiger partial charge in [0.2, 0.25) is 6.79 Å². The molecule has 5 nitrogen and oxygen atoms in total. The molecule has 0 atom stereocenters. The zero-order valence-electron chi connectivity index (χ0n) is 18.2. The van der Waals surface area contributed by atoms with Crippen LogP contribution in [0.4, 0.5) is 0 Å². The van der Waals surface area contributed by atoms with Crippen LogP contribution in [0.2, 0.25) is 0 Å². The van der Waals surface area contributed by atoms with E-state index in [-0.39, 0.29) is 12.2 Å². The van der Waals surface area contributed by atoms with Crippen molar-refractivity contribution in [2.45, 2.75) is 46.6 Å². The Morgan fingerprint density at radius 3 is 2.30 bits per heavy atom. The first-order valence-electron chi connectivity index (χ1n) is 10.2. The van der Waals surface area contributed by atoms with Crippen molar-refractivity contribution in [1.82, 2.24) is 4.57 Å². The summed E-state index contributed by atoms with van der Waals surface area (Å²) >= 11 is 0. The lowest BCUT2D eigenvalue weighted by Gasteiger charge is -2.19. The molecule has 4 rings (SSSR count). The summed E-state index contributed by atoms with van der Waals surface area (Å²) in [5, 5.41) is 0. The van der Waals surface area contributed by atoms with Crippen LogP contribution in [0.15, 0.2) is 42.5 Å². The van der Waals surface area contributed by atoms with Crippen molar-refractivity contribution in [3.63, 3.8) is 0 Å². The van der Waals surface area contributed by atoms with Gasteiger partial charge in [-0.25, -0.2) is 0 Å². The summed E-state index contributed by atoms with van der Waals surface area (Å²) in [6.45, 7) is 11.4. The molecule has 2 aromatic carbocycles. The predicted molar refractivity (Wildman–Crippen MR) is 118 cm³/mol. The summed E-state index contributed by atoms with van der Waals surface area (Å²) < 4.78 is 13.1. The third-order valence-corrected chi connectivity index (χ3v) is 5.85. The van der Waals surface area contributed by atoms with Crippen molar-refractivity contribution in [3.05, 3.63) is 70.5 Å². The molecule has 0 spiro atoms. The highest BCUT2D eigenvalue weighted by Gasteiger charge is 2.24. The average molecular weight is 405 g/mol. The fraction of sp³-hybridized carbons (Fsp3) is 0.320. The van der Waals surface area contributed by atoms with Gasteiger partial charge in [0.1, 0.15) is 0 Å². The molecule has 1 aromatic heterocycles. The van der Waals surface area contributed by atoms with Crippen LogP contribution in [0, 0.1) is 13.8 Å². The lowest BCUT2D eigenvalue weighted by Crippen LogP contribution is -2.14. The maximum atomic E-state index is 12.4. The number of carbonyl (C=O) groups is 1. The third kappa shape index (κ3) is 3.45. The number of rotatable bonds is 4. The van der Waals surface area contributed by atoms with Crippen LogP contribution < -0.4 is 15.2 Å². The minimum absolute atomic E-state index is 0.0707. The van der Waals surface area contributed by atoms with E-state index >= 15 is 0 Å². The fourth-order valence-electron chi connectivity index (χ4n) is 4.13. The highest BCUT2D eigenvalue weighted by atomic mass is 16.7. The molecule has 30 heavy (non-hydrogen) atoms. The van der Waals surface area contributed by atoms with Crippen LogP contribution in [0.25, 0.3) is 11.1 Å². The number of hydrogen-bond donors (Lipinski definition) is 1. The van der Waals surface area contributed by atoms with Crippen LogP contribution in [-0.2, 0) is 12.0 Å². The van der Waals surface area contributed by atoms with E-state index in [1.165, 1.54) is 5.56 Å². The van der Waals surface area contributed by atoms with Crippen LogP contribution in [0.3, 0.4) is 0 Å². The molecule has 0 fully saturated rings. The van der Waals surface area contributed by atoms with Gasteiger partial charge in [0.25, 0.3) is 5.91 Å². The smallest absolute Gasteiger partial charge is 0.251 e. The topological polar surface area (TPSA) is 66.5 Å². The van der Waals surface area contributed by atoms with Gasteiger partial charge in [-0.2, -0.15) is 0 Å². The highest BCUT2D eigenvalue weighted by Crippen LogP contribution is 2.36. The summed E-state index contributed by atoms with van der Waals surface area (Å²) in [6.07, 6.45) is 0. The summed E-state index contributed by atoms with van der Waals surface area (Å²) in [7, 11) is 0. The molecule has 3 aromatic rings. The molecule has 156 valence electrons. The number of primary amides is 1. The van der Waals surface area contributed by atoms with Crippen LogP contribution >= 0.6 is 0 Å². The Morgan fingerprint density at radius 2 is 1.67 bits per heavy atom. The second-order valence-corrected chi connectivity index (χ2v) is 8.89. The highest BCUT2D eigenvalue weighted by molar-refractivity contribution is 6.02. The molecule has 2 N–H and O–H groups in total. The number of aromatic nitrogens is 1. The van der Waals surface area contributed by atoms with Gasteiger partial charge in [0, 0.05) is 23.5 Å². The Labute approximate surface area is 177 Å². The normalized spacial score (nSPS) is 13.0. The molecule has 1 amide bonds.